The summed E-state index contributed by atoms with van der Waals surface area (Å²) in [5.41, 5.74) is 1.31. The Hall–Kier alpha value is -1.02. The highest BCUT2D eigenvalue weighted by molar-refractivity contribution is 6.30. The van der Waals surface area contributed by atoms with E-state index in [2.05, 4.69) is 22.4 Å². The van der Waals surface area contributed by atoms with Crippen LogP contribution in [0.1, 0.15) is 24.8 Å². The molecule has 0 bridgehead atoms. The van der Waals surface area contributed by atoms with Gasteiger partial charge in [-0.15, -0.1) is 0 Å². The second kappa shape index (κ2) is 5.90. The van der Waals surface area contributed by atoms with Crippen LogP contribution >= 0.6 is 11.6 Å². The predicted octanol–water partition coefficient (Wildman–Crippen LogP) is 3.05. The minimum Gasteiger partial charge on any atom is -0.374 e. The first-order valence-electron chi connectivity index (χ1n) is 5.86. The molecule has 0 fully saturated rings. The largest absolute Gasteiger partial charge is 0.374 e. The van der Waals surface area contributed by atoms with Gasteiger partial charge in [-0.1, -0.05) is 23.7 Å². The van der Waals surface area contributed by atoms with Crippen LogP contribution in [0.5, 0.6) is 0 Å². The molecule has 0 saturated heterocycles. The molecule has 0 atom stereocenters. The number of amidine groups is 1. The Morgan fingerprint density at radius 3 is 2.69 bits per heavy atom. The zero-order valence-electron chi connectivity index (χ0n) is 9.38. The van der Waals surface area contributed by atoms with Gasteiger partial charge in [-0.2, -0.15) is 0 Å². The van der Waals surface area contributed by atoms with Gasteiger partial charge in [0.2, 0.25) is 0 Å². The van der Waals surface area contributed by atoms with E-state index >= 15 is 0 Å². The van der Waals surface area contributed by atoms with Crippen molar-refractivity contribution < 1.29 is 0 Å². The van der Waals surface area contributed by atoms with Gasteiger partial charge < -0.3 is 5.32 Å². The topological polar surface area (TPSA) is 24.4 Å². The summed E-state index contributed by atoms with van der Waals surface area (Å²) >= 11 is 5.83. The third kappa shape index (κ3) is 3.53. The maximum absolute atomic E-state index is 5.83. The monoisotopic (exact) mass is 236 g/mol. The number of hydrogen-bond donors (Lipinski definition) is 1. The lowest BCUT2D eigenvalue weighted by Gasteiger charge is -2.13. The van der Waals surface area contributed by atoms with Crippen LogP contribution in [-0.2, 0) is 6.42 Å². The van der Waals surface area contributed by atoms with Crippen LogP contribution < -0.4 is 5.32 Å². The van der Waals surface area contributed by atoms with Crippen LogP contribution in [0.2, 0.25) is 5.02 Å². The van der Waals surface area contributed by atoms with Crippen molar-refractivity contribution in [2.24, 2.45) is 4.99 Å². The lowest BCUT2D eigenvalue weighted by atomic mass is 10.1. The second-order valence-corrected chi connectivity index (χ2v) is 4.53. The van der Waals surface area contributed by atoms with Crippen LogP contribution in [-0.4, -0.2) is 18.9 Å². The van der Waals surface area contributed by atoms with Crippen LogP contribution in [0, 0.1) is 0 Å². The molecule has 0 aromatic heterocycles. The summed E-state index contributed by atoms with van der Waals surface area (Å²) in [5, 5.41) is 4.20. The number of hydrogen-bond acceptors (Lipinski definition) is 2. The number of benzene rings is 1. The Morgan fingerprint density at radius 2 is 2.00 bits per heavy atom. The second-order valence-electron chi connectivity index (χ2n) is 4.09. The van der Waals surface area contributed by atoms with Gasteiger partial charge in [0.05, 0.1) is 5.84 Å². The van der Waals surface area contributed by atoms with E-state index in [1.54, 1.807) is 0 Å². The van der Waals surface area contributed by atoms with Gasteiger partial charge in [0, 0.05) is 24.5 Å². The summed E-state index contributed by atoms with van der Waals surface area (Å²) in [6.07, 6.45) is 4.64. The summed E-state index contributed by atoms with van der Waals surface area (Å²) in [6.45, 7) is 1.95. The minimum atomic E-state index is 0.799. The number of nitrogens with one attached hydrogen (secondary N) is 1. The van der Waals surface area contributed by atoms with Crippen molar-refractivity contribution in [2.75, 3.05) is 13.1 Å². The van der Waals surface area contributed by atoms with E-state index in [1.807, 2.05) is 12.1 Å². The third-order valence-electron chi connectivity index (χ3n) is 2.78. The fourth-order valence-electron chi connectivity index (χ4n) is 1.84. The highest BCUT2D eigenvalue weighted by atomic mass is 35.5. The van der Waals surface area contributed by atoms with E-state index in [0.717, 1.165) is 31.0 Å². The van der Waals surface area contributed by atoms with Gasteiger partial charge in [-0.05, 0) is 37.0 Å². The predicted molar refractivity (Wildman–Crippen MR) is 69.3 cm³/mol. The van der Waals surface area contributed by atoms with E-state index in [9.17, 15) is 0 Å². The van der Waals surface area contributed by atoms with E-state index in [4.69, 9.17) is 11.6 Å². The van der Waals surface area contributed by atoms with Crippen LogP contribution in [0.4, 0.5) is 0 Å². The first-order chi connectivity index (χ1) is 7.84. The maximum Gasteiger partial charge on any atom is 0.0963 e. The molecular weight excluding hydrogens is 220 g/mol. The first kappa shape index (κ1) is 11.5. The molecule has 1 aromatic rings. The van der Waals surface area contributed by atoms with Crippen molar-refractivity contribution >= 4 is 17.4 Å². The lowest BCUT2D eigenvalue weighted by Crippen LogP contribution is -2.27. The smallest absolute Gasteiger partial charge is 0.0963 e. The zero-order chi connectivity index (χ0) is 11.2. The van der Waals surface area contributed by atoms with Crippen molar-refractivity contribution in [3.05, 3.63) is 34.9 Å². The highest BCUT2D eigenvalue weighted by Gasteiger charge is 2.03. The Morgan fingerprint density at radius 1 is 1.19 bits per heavy atom. The normalized spacial score (nSPS) is 15.7. The molecule has 0 radical (unpaired) electrons. The van der Waals surface area contributed by atoms with Gasteiger partial charge in [0.25, 0.3) is 0 Å². The fraction of sp³-hybridized carbons (Fsp3) is 0.462. The molecule has 16 heavy (non-hydrogen) atoms. The molecule has 0 aliphatic carbocycles. The summed E-state index contributed by atoms with van der Waals surface area (Å²) in [5.74, 6) is 1.18. The van der Waals surface area contributed by atoms with E-state index in [1.165, 1.54) is 24.2 Å². The summed E-state index contributed by atoms with van der Waals surface area (Å²) in [6, 6.07) is 8.03. The van der Waals surface area contributed by atoms with Crippen molar-refractivity contribution in [1.29, 1.82) is 0 Å². The molecule has 1 heterocycles. The Labute approximate surface area is 102 Å². The van der Waals surface area contributed by atoms with Crippen LogP contribution in [0.25, 0.3) is 0 Å². The molecule has 2 nitrogen and oxygen atoms in total. The quantitative estimate of drug-likeness (QED) is 0.857. The lowest BCUT2D eigenvalue weighted by molar-refractivity contribution is 0.704. The molecule has 1 N–H and O–H groups in total. The van der Waals surface area contributed by atoms with Crippen molar-refractivity contribution in [3.63, 3.8) is 0 Å². The van der Waals surface area contributed by atoms with Gasteiger partial charge in [0.1, 0.15) is 0 Å². The highest BCUT2D eigenvalue weighted by Crippen LogP contribution is 2.09. The van der Waals surface area contributed by atoms with Crippen LogP contribution in [0.15, 0.2) is 29.3 Å². The number of nitrogens with zero attached hydrogens (tertiary/aromatic N) is 1. The Bertz CT molecular complexity index is 357. The van der Waals surface area contributed by atoms with Crippen molar-refractivity contribution in [3.8, 4) is 0 Å². The number of halogens is 1. The van der Waals surface area contributed by atoms with Crippen LogP contribution in [0.3, 0.4) is 0 Å². The molecule has 0 spiro atoms. The molecular formula is C13H17ClN2. The van der Waals surface area contributed by atoms with Gasteiger partial charge in [0.15, 0.2) is 0 Å². The molecule has 1 aliphatic rings. The molecule has 86 valence electrons. The van der Waals surface area contributed by atoms with Gasteiger partial charge >= 0.3 is 0 Å². The van der Waals surface area contributed by atoms with E-state index < -0.39 is 0 Å². The minimum absolute atomic E-state index is 0.799. The molecule has 0 saturated carbocycles. The molecule has 3 heteroatoms. The van der Waals surface area contributed by atoms with Crippen molar-refractivity contribution in [2.45, 2.75) is 25.7 Å². The summed E-state index contributed by atoms with van der Waals surface area (Å²) in [7, 11) is 0. The van der Waals surface area contributed by atoms with Gasteiger partial charge in [-0.25, -0.2) is 0 Å². The van der Waals surface area contributed by atoms with Gasteiger partial charge in [-0.3, -0.25) is 4.99 Å². The number of aliphatic imine (C=N–C) groups is 1. The average molecular weight is 237 g/mol. The molecule has 0 unspecified atom stereocenters. The first-order valence-corrected chi connectivity index (χ1v) is 6.24. The molecule has 2 rings (SSSR count). The SMILES string of the molecule is Clc1ccc(CCNC2=NCCCC2)cc1. The molecule has 1 aliphatic heterocycles. The number of rotatable bonds is 3. The molecule has 0 amide bonds. The average Bonchev–Trinajstić information content (AvgIpc) is 2.33. The standard InChI is InChI=1S/C13H17ClN2/c14-12-6-4-11(5-7-12)8-10-16-13-3-1-2-9-15-13/h4-7H,1-3,8-10H2,(H,15,16). The van der Waals surface area contributed by atoms with Crippen molar-refractivity contribution in [1.82, 2.24) is 5.32 Å². The summed E-state index contributed by atoms with van der Waals surface area (Å²) in [4.78, 5) is 4.46. The maximum atomic E-state index is 5.83. The molecule has 1 aromatic carbocycles. The van der Waals surface area contributed by atoms with E-state index in [0.29, 0.717) is 0 Å². The Balaban J connectivity index is 1.75. The Kier molecular flexibility index (Phi) is 4.23. The zero-order valence-corrected chi connectivity index (χ0v) is 10.1. The van der Waals surface area contributed by atoms with E-state index in [-0.39, 0.29) is 0 Å². The third-order valence-corrected chi connectivity index (χ3v) is 3.03. The summed E-state index contributed by atoms with van der Waals surface area (Å²) < 4.78 is 0. The fourth-order valence-corrected chi connectivity index (χ4v) is 1.97.